The van der Waals surface area contributed by atoms with Crippen molar-refractivity contribution >= 4 is 11.8 Å². The van der Waals surface area contributed by atoms with Gasteiger partial charge in [-0.25, -0.2) is 14.8 Å². The van der Waals surface area contributed by atoms with Crippen molar-refractivity contribution in [3.05, 3.63) is 82.8 Å². The van der Waals surface area contributed by atoms with Crippen LogP contribution in [-0.4, -0.2) is 51.8 Å². The Morgan fingerprint density at radius 1 is 1.12 bits per heavy atom. The number of carbonyl (C=O) groups is 1. The molecule has 1 fully saturated rings. The molecule has 33 heavy (non-hydrogen) atoms. The van der Waals surface area contributed by atoms with Gasteiger partial charge in [-0.2, -0.15) is 5.26 Å². The van der Waals surface area contributed by atoms with Gasteiger partial charge in [-0.1, -0.05) is 35.9 Å². The molecule has 0 aliphatic carbocycles. The van der Waals surface area contributed by atoms with Crippen LogP contribution in [0, 0.1) is 25.2 Å². The van der Waals surface area contributed by atoms with E-state index in [0.29, 0.717) is 31.7 Å². The Balaban J connectivity index is 1.42. The molecule has 0 bridgehead atoms. The lowest BCUT2D eigenvalue weighted by atomic mass is 10.1. The monoisotopic (exact) mass is 443 g/mol. The summed E-state index contributed by atoms with van der Waals surface area (Å²) in [6, 6.07) is 15.6. The molecule has 1 aromatic heterocycles. The molecule has 2 aromatic carbocycles. The van der Waals surface area contributed by atoms with Gasteiger partial charge in [0.15, 0.2) is 0 Å². The molecule has 0 unspecified atom stereocenters. The van der Waals surface area contributed by atoms with Crippen LogP contribution in [0.4, 0.5) is 10.6 Å². The molecule has 1 saturated heterocycles. The lowest BCUT2D eigenvalue weighted by molar-refractivity contribution is 0.00584. The molecule has 170 valence electrons. The Labute approximate surface area is 194 Å². The standard InChI is InChI=1S/C25H29N7O/c1-19-3-4-20(2)23(13-19)17-32(25(27)33)31-11-9-29(10-12-31)24-15-28-18-30(24)16-22-7-5-21(14-26)6-8-22/h3-8,13,15,18H,9-12,16-17H2,1-2H3,(H2,27,33). The number of benzene rings is 2. The summed E-state index contributed by atoms with van der Waals surface area (Å²) in [5.41, 5.74) is 11.0. The number of nitriles is 1. The summed E-state index contributed by atoms with van der Waals surface area (Å²) < 4.78 is 2.11. The second-order valence-corrected chi connectivity index (χ2v) is 8.46. The number of urea groups is 1. The summed E-state index contributed by atoms with van der Waals surface area (Å²) in [4.78, 5) is 18.9. The number of rotatable bonds is 6. The van der Waals surface area contributed by atoms with Crippen molar-refractivity contribution in [1.82, 2.24) is 19.6 Å². The van der Waals surface area contributed by atoms with Crippen molar-refractivity contribution in [1.29, 1.82) is 5.26 Å². The predicted octanol–water partition coefficient (Wildman–Crippen LogP) is 3.04. The molecule has 0 radical (unpaired) electrons. The first-order valence-electron chi connectivity index (χ1n) is 11.1. The van der Waals surface area contributed by atoms with E-state index >= 15 is 0 Å². The van der Waals surface area contributed by atoms with Crippen LogP contribution in [0.25, 0.3) is 0 Å². The summed E-state index contributed by atoms with van der Waals surface area (Å²) in [6.45, 7) is 8.16. The molecule has 1 aliphatic rings. The third-order valence-corrected chi connectivity index (χ3v) is 6.13. The normalized spacial score (nSPS) is 14.2. The number of nitrogens with two attached hydrogens (primary N) is 1. The fraction of sp³-hybridized carbons (Fsp3) is 0.320. The minimum Gasteiger partial charge on any atom is -0.354 e. The van der Waals surface area contributed by atoms with Crippen LogP contribution >= 0.6 is 0 Å². The number of primary amides is 1. The Hall–Kier alpha value is -3.83. The highest BCUT2D eigenvalue weighted by Gasteiger charge is 2.26. The highest BCUT2D eigenvalue weighted by Crippen LogP contribution is 2.20. The lowest BCUT2D eigenvalue weighted by Crippen LogP contribution is -2.56. The van der Waals surface area contributed by atoms with Gasteiger partial charge in [0.25, 0.3) is 0 Å². The van der Waals surface area contributed by atoms with Crippen LogP contribution < -0.4 is 10.6 Å². The smallest absolute Gasteiger partial charge is 0.329 e. The van der Waals surface area contributed by atoms with Crippen molar-refractivity contribution < 1.29 is 4.79 Å². The third kappa shape index (κ3) is 5.16. The molecule has 2 heterocycles. The van der Waals surface area contributed by atoms with Crippen molar-refractivity contribution in [2.45, 2.75) is 26.9 Å². The van der Waals surface area contributed by atoms with Crippen molar-refractivity contribution in [2.24, 2.45) is 5.73 Å². The van der Waals surface area contributed by atoms with Gasteiger partial charge in [0.2, 0.25) is 0 Å². The van der Waals surface area contributed by atoms with Crippen molar-refractivity contribution in [2.75, 3.05) is 31.1 Å². The fourth-order valence-electron chi connectivity index (χ4n) is 4.20. The van der Waals surface area contributed by atoms with E-state index in [1.54, 1.807) is 5.01 Å². The topological polar surface area (TPSA) is 94.4 Å². The number of imidazole rings is 1. The molecule has 0 atom stereocenters. The van der Waals surface area contributed by atoms with E-state index in [9.17, 15) is 4.79 Å². The zero-order valence-corrected chi connectivity index (χ0v) is 19.1. The number of amides is 2. The first-order chi connectivity index (χ1) is 15.9. The average Bonchev–Trinajstić information content (AvgIpc) is 3.28. The van der Waals surface area contributed by atoms with Crippen LogP contribution in [0.3, 0.4) is 0 Å². The quantitative estimate of drug-likeness (QED) is 0.632. The number of nitrogens with zero attached hydrogens (tertiary/aromatic N) is 6. The maximum Gasteiger partial charge on any atom is 0.329 e. The molecule has 1 aliphatic heterocycles. The van der Waals surface area contributed by atoms with Gasteiger partial charge < -0.3 is 15.2 Å². The maximum absolute atomic E-state index is 12.3. The van der Waals surface area contributed by atoms with Gasteiger partial charge in [-0.05, 0) is 42.7 Å². The molecule has 4 rings (SSSR count). The molecule has 2 N–H and O–H groups in total. The fourth-order valence-corrected chi connectivity index (χ4v) is 4.20. The second-order valence-electron chi connectivity index (χ2n) is 8.46. The van der Waals surface area contributed by atoms with Gasteiger partial charge >= 0.3 is 6.03 Å². The molecule has 0 spiro atoms. The number of piperazine rings is 1. The average molecular weight is 444 g/mol. The largest absolute Gasteiger partial charge is 0.354 e. The van der Waals surface area contributed by atoms with E-state index < -0.39 is 6.03 Å². The van der Waals surface area contributed by atoms with Crippen LogP contribution in [0.2, 0.25) is 0 Å². The number of aromatic nitrogens is 2. The third-order valence-electron chi connectivity index (χ3n) is 6.13. The van der Waals surface area contributed by atoms with Crippen LogP contribution in [0.1, 0.15) is 27.8 Å². The van der Waals surface area contributed by atoms with Gasteiger partial charge in [-0.3, -0.25) is 5.01 Å². The van der Waals surface area contributed by atoms with E-state index in [4.69, 9.17) is 11.0 Å². The first-order valence-corrected chi connectivity index (χ1v) is 11.1. The zero-order valence-electron chi connectivity index (χ0n) is 19.1. The van der Waals surface area contributed by atoms with Gasteiger partial charge in [0.1, 0.15) is 5.82 Å². The lowest BCUT2D eigenvalue weighted by Gasteiger charge is -2.41. The molecule has 8 heteroatoms. The Morgan fingerprint density at radius 2 is 1.85 bits per heavy atom. The summed E-state index contributed by atoms with van der Waals surface area (Å²) in [5.74, 6) is 1.04. The molecular formula is C25H29N7O. The second kappa shape index (κ2) is 9.76. The molecule has 0 saturated carbocycles. The molecule has 2 amide bonds. The summed E-state index contributed by atoms with van der Waals surface area (Å²) in [6.07, 6.45) is 3.71. The number of carbonyl (C=O) groups excluding carboxylic acids is 1. The zero-order chi connectivity index (χ0) is 23.4. The predicted molar refractivity (Wildman–Crippen MR) is 127 cm³/mol. The molecule has 8 nitrogen and oxygen atoms in total. The Bertz CT molecular complexity index is 1150. The van der Waals surface area contributed by atoms with E-state index in [1.165, 1.54) is 5.56 Å². The van der Waals surface area contributed by atoms with E-state index in [-0.39, 0.29) is 0 Å². The molecule has 3 aromatic rings. The summed E-state index contributed by atoms with van der Waals surface area (Å²) >= 11 is 0. The summed E-state index contributed by atoms with van der Waals surface area (Å²) in [5, 5.41) is 12.7. The number of hydrogen-bond donors (Lipinski definition) is 1. The number of hydrazine groups is 1. The van der Waals surface area contributed by atoms with E-state index in [1.807, 2.05) is 41.8 Å². The minimum absolute atomic E-state index is 0.435. The maximum atomic E-state index is 12.3. The SMILES string of the molecule is Cc1ccc(C)c(CN(C(N)=O)N2CCN(c3cncn3Cc3ccc(C#N)cc3)CC2)c1. The van der Waals surface area contributed by atoms with Gasteiger partial charge in [-0.15, -0.1) is 0 Å². The summed E-state index contributed by atoms with van der Waals surface area (Å²) in [7, 11) is 0. The molecular weight excluding hydrogens is 414 g/mol. The highest BCUT2D eigenvalue weighted by molar-refractivity contribution is 5.71. The Kier molecular flexibility index (Phi) is 6.61. The highest BCUT2D eigenvalue weighted by atomic mass is 16.2. The number of aryl methyl sites for hydroxylation is 2. The van der Waals surface area contributed by atoms with Gasteiger partial charge in [0.05, 0.1) is 37.2 Å². The van der Waals surface area contributed by atoms with E-state index in [2.05, 4.69) is 52.6 Å². The van der Waals surface area contributed by atoms with Crippen molar-refractivity contribution in [3.8, 4) is 6.07 Å². The Morgan fingerprint density at radius 3 is 2.52 bits per heavy atom. The van der Waals surface area contributed by atoms with Crippen molar-refractivity contribution in [3.63, 3.8) is 0 Å². The van der Waals surface area contributed by atoms with Crippen LogP contribution in [0.15, 0.2) is 55.0 Å². The van der Waals surface area contributed by atoms with Gasteiger partial charge in [0, 0.05) is 26.2 Å². The van der Waals surface area contributed by atoms with Crippen LogP contribution in [0.5, 0.6) is 0 Å². The first kappa shape index (κ1) is 22.4. The van der Waals surface area contributed by atoms with Crippen LogP contribution in [-0.2, 0) is 13.1 Å². The minimum atomic E-state index is -0.435. The van der Waals surface area contributed by atoms with E-state index in [0.717, 1.165) is 35.6 Å². The number of hydrogen-bond acceptors (Lipinski definition) is 5. The number of anilines is 1.